The molecule has 0 aromatic heterocycles. The Balaban J connectivity index is 2.02. The molecule has 0 aliphatic carbocycles. The molecule has 20 heavy (non-hydrogen) atoms. The van der Waals surface area contributed by atoms with Gasteiger partial charge < -0.3 is 5.32 Å². The first kappa shape index (κ1) is 15.4. The van der Waals surface area contributed by atoms with E-state index in [1.165, 1.54) is 5.56 Å². The molecule has 2 unspecified atom stereocenters. The Kier molecular flexibility index (Phi) is 5.49. The minimum atomic E-state index is -2.26. The summed E-state index contributed by atoms with van der Waals surface area (Å²) in [4.78, 5) is 1.96. The number of rotatable bonds is 5. The Morgan fingerprint density at radius 3 is 2.55 bits per heavy atom. The van der Waals surface area contributed by atoms with Gasteiger partial charge in [0.05, 0.1) is 6.54 Å². The van der Waals surface area contributed by atoms with E-state index in [4.69, 9.17) is 0 Å². The van der Waals surface area contributed by atoms with Crippen molar-refractivity contribution < 1.29 is 8.78 Å². The molecule has 2 rings (SSSR count). The second-order valence-corrected chi connectivity index (χ2v) is 5.95. The van der Waals surface area contributed by atoms with Gasteiger partial charge in [-0.15, -0.1) is 0 Å². The van der Waals surface area contributed by atoms with Crippen LogP contribution in [0.15, 0.2) is 30.3 Å². The molecule has 1 aliphatic heterocycles. The van der Waals surface area contributed by atoms with E-state index in [0.29, 0.717) is 18.5 Å². The van der Waals surface area contributed by atoms with Crippen LogP contribution in [0.1, 0.15) is 19.4 Å². The van der Waals surface area contributed by atoms with Gasteiger partial charge >= 0.3 is 0 Å². The lowest BCUT2D eigenvalue weighted by atomic mass is 9.96. The van der Waals surface area contributed by atoms with Crippen LogP contribution in [0.25, 0.3) is 0 Å². The Morgan fingerprint density at radius 1 is 1.25 bits per heavy atom. The molecule has 112 valence electrons. The van der Waals surface area contributed by atoms with Crippen LogP contribution in [0.3, 0.4) is 0 Å². The van der Waals surface area contributed by atoms with Gasteiger partial charge in [-0.1, -0.05) is 44.2 Å². The molecule has 0 saturated carbocycles. The van der Waals surface area contributed by atoms with Gasteiger partial charge in [-0.05, 0) is 17.9 Å². The van der Waals surface area contributed by atoms with Gasteiger partial charge in [0, 0.05) is 25.2 Å². The van der Waals surface area contributed by atoms with Crippen LogP contribution in [-0.4, -0.2) is 43.0 Å². The van der Waals surface area contributed by atoms with Crippen LogP contribution in [0.2, 0.25) is 0 Å². The topological polar surface area (TPSA) is 15.3 Å². The quantitative estimate of drug-likeness (QED) is 0.893. The number of nitrogens with one attached hydrogen (secondary N) is 1. The fourth-order valence-corrected chi connectivity index (χ4v) is 2.82. The normalized spacial score (nSPS) is 24.5. The standard InChI is InChI=1S/C16H24F2N2/c1-12(2)15-10-20(11-16(17)18)14(9-19-15)8-13-6-4-3-5-7-13/h3-7,12,14-16,19H,8-11H2,1-2H3. The van der Waals surface area contributed by atoms with Crippen molar-refractivity contribution in [2.24, 2.45) is 5.92 Å². The van der Waals surface area contributed by atoms with E-state index >= 15 is 0 Å². The summed E-state index contributed by atoms with van der Waals surface area (Å²) in [6.07, 6.45) is -1.44. The van der Waals surface area contributed by atoms with Crippen LogP contribution < -0.4 is 5.32 Å². The monoisotopic (exact) mass is 282 g/mol. The number of alkyl halides is 2. The van der Waals surface area contributed by atoms with E-state index in [0.717, 1.165) is 13.0 Å². The van der Waals surface area contributed by atoms with Crippen molar-refractivity contribution in [1.82, 2.24) is 10.2 Å². The summed E-state index contributed by atoms with van der Waals surface area (Å²) in [7, 11) is 0. The Hall–Kier alpha value is -1.00. The molecule has 0 spiro atoms. The summed E-state index contributed by atoms with van der Waals surface area (Å²) in [6.45, 7) is 5.64. The molecule has 0 bridgehead atoms. The lowest BCUT2D eigenvalue weighted by molar-refractivity contribution is 0.0370. The summed E-state index contributed by atoms with van der Waals surface area (Å²) < 4.78 is 25.6. The lowest BCUT2D eigenvalue weighted by Crippen LogP contribution is -2.59. The molecule has 2 nitrogen and oxygen atoms in total. The van der Waals surface area contributed by atoms with E-state index in [-0.39, 0.29) is 12.6 Å². The molecule has 1 aliphatic rings. The van der Waals surface area contributed by atoms with Gasteiger partial charge in [-0.3, -0.25) is 4.90 Å². The fourth-order valence-electron chi connectivity index (χ4n) is 2.82. The third-order valence-electron chi connectivity index (χ3n) is 4.05. The summed E-state index contributed by atoms with van der Waals surface area (Å²) in [5, 5.41) is 3.51. The van der Waals surface area contributed by atoms with Gasteiger partial charge in [0.15, 0.2) is 0 Å². The first-order valence-corrected chi connectivity index (χ1v) is 7.35. The Morgan fingerprint density at radius 2 is 1.95 bits per heavy atom. The van der Waals surface area contributed by atoms with Crippen molar-refractivity contribution in [2.45, 2.75) is 38.8 Å². The molecule has 0 radical (unpaired) electrons. The fraction of sp³-hybridized carbons (Fsp3) is 0.625. The van der Waals surface area contributed by atoms with E-state index in [1.54, 1.807) is 0 Å². The molecule has 1 fully saturated rings. The minimum absolute atomic E-state index is 0.123. The van der Waals surface area contributed by atoms with E-state index < -0.39 is 6.43 Å². The maximum absolute atomic E-state index is 12.8. The predicted octanol–water partition coefficient (Wildman–Crippen LogP) is 2.79. The number of halogens is 2. The van der Waals surface area contributed by atoms with Crippen LogP contribution in [0, 0.1) is 5.92 Å². The highest BCUT2D eigenvalue weighted by atomic mass is 19.3. The number of piperazine rings is 1. The average Bonchev–Trinajstić information content (AvgIpc) is 2.41. The molecule has 1 saturated heterocycles. The van der Waals surface area contributed by atoms with Crippen LogP contribution >= 0.6 is 0 Å². The maximum Gasteiger partial charge on any atom is 0.251 e. The smallest absolute Gasteiger partial charge is 0.251 e. The second kappa shape index (κ2) is 7.14. The van der Waals surface area contributed by atoms with E-state index in [1.807, 2.05) is 23.1 Å². The summed E-state index contributed by atoms with van der Waals surface area (Å²) in [5.74, 6) is 0.466. The van der Waals surface area contributed by atoms with Crippen molar-refractivity contribution in [2.75, 3.05) is 19.6 Å². The second-order valence-electron chi connectivity index (χ2n) is 5.95. The number of nitrogens with zero attached hydrogens (tertiary/aromatic N) is 1. The molecule has 1 N–H and O–H groups in total. The highest BCUT2D eigenvalue weighted by Crippen LogP contribution is 2.17. The Bertz CT molecular complexity index is 395. The molecular weight excluding hydrogens is 258 g/mol. The molecular formula is C16H24F2N2. The molecule has 2 atom stereocenters. The van der Waals surface area contributed by atoms with Crippen LogP contribution in [0.5, 0.6) is 0 Å². The first-order valence-electron chi connectivity index (χ1n) is 7.35. The van der Waals surface area contributed by atoms with Crippen LogP contribution in [0.4, 0.5) is 8.78 Å². The van der Waals surface area contributed by atoms with Gasteiger partial charge in [-0.2, -0.15) is 0 Å². The summed E-state index contributed by atoms with van der Waals surface area (Å²) in [6, 6.07) is 10.6. The summed E-state index contributed by atoms with van der Waals surface area (Å²) >= 11 is 0. The van der Waals surface area contributed by atoms with Crippen LogP contribution in [-0.2, 0) is 6.42 Å². The van der Waals surface area contributed by atoms with Gasteiger partial charge in [0.25, 0.3) is 6.43 Å². The van der Waals surface area contributed by atoms with Gasteiger partial charge in [0.2, 0.25) is 0 Å². The molecule has 0 amide bonds. The predicted molar refractivity (Wildman–Crippen MR) is 78.1 cm³/mol. The zero-order valence-corrected chi connectivity index (χ0v) is 12.2. The SMILES string of the molecule is CC(C)C1CN(CC(F)F)C(Cc2ccccc2)CN1. The van der Waals surface area contributed by atoms with Crippen molar-refractivity contribution >= 4 is 0 Å². The van der Waals surface area contributed by atoms with E-state index in [2.05, 4.69) is 31.3 Å². The third-order valence-corrected chi connectivity index (χ3v) is 4.05. The highest BCUT2D eigenvalue weighted by Gasteiger charge is 2.30. The third kappa shape index (κ3) is 4.25. The Labute approximate surface area is 120 Å². The maximum atomic E-state index is 12.8. The van der Waals surface area contributed by atoms with Gasteiger partial charge in [-0.25, -0.2) is 8.78 Å². The minimum Gasteiger partial charge on any atom is -0.311 e. The largest absolute Gasteiger partial charge is 0.311 e. The van der Waals surface area contributed by atoms with Gasteiger partial charge in [0.1, 0.15) is 0 Å². The van der Waals surface area contributed by atoms with Crippen molar-refractivity contribution in [3.05, 3.63) is 35.9 Å². The van der Waals surface area contributed by atoms with Crippen molar-refractivity contribution in [3.63, 3.8) is 0 Å². The van der Waals surface area contributed by atoms with Crippen molar-refractivity contribution in [3.8, 4) is 0 Å². The summed E-state index contributed by atoms with van der Waals surface area (Å²) in [5.41, 5.74) is 1.21. The molecule has 1 aromatic rings. The molecule has 1 heterocycles. The average molecular weight is 282 g/mol. The van der Waals surface area contributed by atoms with Crippen molar-refractivity contribution in [1.29, 1.82) is 0 Å². The number of benzene rings is 1. The zero-order chi connectivity index (χ0) is 14.5. The lowest BCUT2D eigenvalue weighted by Gasteiger charge is -2.42. The first-order chi connectivity index (χ1) is 9.56. The zero-order valence-electron chi connectivity index (χ0n) is 12.2. The molecule has 1 aromatic carbocycles. The number of hydrogen-bond acceptors (Lipinski definition) is 2. The molecule has 4 heteroatoms. The highest BCUT2D eigenvalue weighted by molar-refractivity contribution is 5.16. The van der Waals surface area contributed by atoms with E-state index in [9.17, 15) is 8.78 Å². The number of hydrogen-bond donors (Lipinski definition) is 1.